The molecule has 1 fully saturated rings. The number of nitrogens with zero attached hydrogens (tertiary/aromatic N) is 5. The van der Waals surface area contributed by atoms with Gasteiger partial charge in [-0.05, 0) is 37.5 Å². The van der Waals surface area contributed by atoms with Gasteiger partial charge in [-0.2, -0.15) is 5.10 Å². The number of nitrogens with one attached hydrogen (secondary N) is 1. The van der Waals surface area contributed by atoms with E-state index in [1.807, 2.05) is 40.8 Å². The van der Waals surface area contributed by atoms with Crippen molar-refractivity contribution in [2.24, 2.45) is 5.92 Å². The van der Waals surface area contributed by atoms with Gasteiger partial charge in [0.05, 0.1) is 16.7 Å². The Hall–Kier alpha value is -2.80. The first-order valence-electron chi connectivity index (χ1n) is 10.8. The van der Waals surface area contributed by atoms with Gasteiger partial charge >= 0.3 is 0 Å². The van der Waals surface area contributed by atoms with Gasteiger partial charge in [0.1, 0.15) is 5.15 Å². The maximum Gasteiger partial charge on any atom is 0.246 e. The standard InChI is InChI=1S/C23H29ClN6O/c1-16(2)15-30-22(24)18(17(3)27-30)9-10-21(31)28-11-6-12-29(14-13-28)23-25-19-7-4-5-8-20(19)26-23/h4-5,7-10,16H,6,11-15H2,1-3H3,(H,25,26)/b10-9+. The minimum absolute atomic E-state index is 0.00136. The van der Waals surface area contributed by atoms with E-state index >= 15 is 0 Å². The molecule has 1 aliphatic rings. The van der Waals surface area contributed by atoms with Gasteiger partial charge in [0.15, 0.2) is 0 Å². The minimum Gasteiger partial charge on any atom is -0.341 e. The third-order valence-corrected chi connectivity index (χ3v) is 5.92. The number of H-pyrrole nitrogens is 1. The molecule has 3 heterocycles. The number of para-hydroxylation sites is 2. The molecule has 0 bridgehead atoms. The fraction of sp³-hybridized carbons (Fsp3) is 0.435. The van der Waals surface area contributed by atoms with Gasteiger partial charge in [-0.25, -0.2) is 4.98 Å². The Labute approximate surface area is 187 Å². The first-order chi connectivity index (χ1) is 14.9. The predicted octanol–water partition coefficient (Wildman–Crippen LogP) is 4.13. The maximum atomic E-state index is 12.8. The highest BCUT2D eigenvalue weighted by Crippen LogP contribution is 2.23. The first-order valence-corrected chi connectivity index (χ1v) is 11.2. The van der Waals surface area contributed by atoms with Crippen molar-refractivity contribution < 1.29 is 4.79 Å². The smallest absolute Gasteiger partial charge is 0.246 e. The van der Waals surface area contributed by atoms with E-state index in [9.17, 15) is 4.79 Å². The molecule has 4 rings (SSSR count). The maximum absolute atomic E-state index is 12.8. The lowest BCUT2D eigenvalue weighted by Gasteiger charge is -2.20. The van der Waals surface area contributed by atoms with Crippen molar-refractivity contribution in [1.82, 2.24) is 24.6 Å². The summed E-state index contributed by atoms with van der Waals surface area (Å²) in [6.45, 7) is 9.90. The fourth-order valence-corrected chi connectivity index (χ4v) is 4.23. The Morgan fingerprint density at radius 1 is 1.23 bits per heavy atom. The summed E-state index contributed by atoms with van der Waals surface area (Å²) in [6, 6.07) is 8.02. The lowest BCUT2D eigenvalue weighted by Crippen LogP contribution is -2.34. The number of aryl methyl sites for hydroxylation is 1. The molecule has 1 aromatic carbocycles. The minimum atomic E-state index is -0.00136. The zero-order chi connectivity index (χ0) is 22.0. The van der Waals surface area contributed by atoms with E-state index in [1.54, 1.807) is 12.2 Å². The van der Waals surface area contributed by atoms with Crippen molar-refractivity contribution in [1.29, 1.82) is 0 Å². The molecule has 8 heteroatoms. The van der Waals surface area contributed by atoms with Crippen LogP contribution in [0, 0.1) is 12.8 Å². The normalized spacial score (nSPS) is 15.4. The number of amides is 1. The number of halogens is 1. The molecule has 1 amide bonds. The highest BCUT2D eigenvalue weighted by molar-refractivity contribution is 6.31. The second-order valence-electron chi connectivity index (χ2n) is 8.44. The van der Waals surface area contributed by atoms with Gasteiger partial charge in [-0.15, -0.1) is 0 Å². The molecule has 7 nitrogen and oxygen atoms in total. The van der Waals surface area contributed by atoms with Crippen molar-refractivity contribution >= 4 is 40.6 Å². The van der Waals surface area contributed by atoms with Crippen LogP contribution in [0.3, 0.4) is 0 Å². The van der Waals surface area contributed by atoms with Crippen molar-refractivity contribution in [3.05, 3.63) is 46.8 Å². The molecule has 1 N–H and O–H groups in total. The number of aromatic nitrogens is 4. The van der Waals surface area contributed by atoms with E-state index in [0.717, 1.165) is 60.8 Å². The highest BCUT2D eigenvalue weighted by Gasteiger charge is 2.20. The van der Waals surface area contributed by atoms with E-state index in [2.05, 4.69) is 28.8 Å². The lowest BCUT2D eigenvalue weighted by atomic mass is 10.2. The molecular formula is C23H29ClN6O. The number of carbonyl (C=O) groups is 1. The molecule has 2 aromatic heterocycles. The summed E-state index contributed by atoms with van der Waals surface area (Å²) < 4.78 is 1.81. The number of imidazole rings is 1. The van der Waals surface area contributed by atoms with E-state index < -0.39 is 0 Å². The number of hydrogen-bond donors (Lipinski definition) is 1. The third kappa shape index (κ3) is 4.77. The van der Waals surface area contributed by atoms with Crippen LogP contribution in [0.2, 0.25) is 5.15 Å². The van der Waals surface area contributed by atoms with Gasteiger partial charge in [-0.3, -0.25) is 9.48 Å². The summed E-state index contributed by atoms with van der Waals surface area (Å²) >= 11 is 6.50. The van der Waals surface area contributed by atoms with Crippen molar-refractivity contribution in [2.45, 2.75) is 33.7 Å². The molecule has 3 aromatic rings. The average molecular weight is 441 g/mol. The number of rotatable bonds is 5. The molecule has 31 heavy (non-hydrogen) atoms. The quantitative estimate of drug-likeness (QED) is 0.605. The summed E-state index contributed by atoms with van der Waals surface area (Å²) in [6.07, 6.45) is 4.31. The zero-order valence-corrected chi connectivity index (χ0v) is 19.1. The molecule has 1 saturated heterocycles. The second-order valence-corrected chi connectivity index (χ2v) is 8.80. The molecular weight excluding hydrogens is 412 g/mol. The van der Waals surface area contributed by atoms with Crippen LogP contribution in [0.4, 0.5) is 5.95 Å². The lowest BCUT2D eigenvalue weighted by molar-refractivity contribution is -0.125. The first kappa shape index (κ1) is 21.4. The van der Waals surface area contributed by atoms with E-state index in [4.69, 9.17) is 16.6 Å². The molecule has 1 aliphatic heterocycles. The van der Waals surface area contributed by atoms with Gasteiger partial charge in [0, 0.05) is 44.4 Å². The van der Waals surface area contributed by atoms with Gasteiger partial charge < -0.3 is 14.8 Å². The fourth-order valence-electron chi connectivity index (χ4n) is 3.92. The topological polar surface area (TPSA) is 70.1 Å². The van der Waals surface area contributed by atoms with E-state index in [0.29, 0.717) is 17.6 Å². The van der Waals surface area contributed by atoms with Crippen LogP contribution in [-0.4, -0.2) is 56.7 Å². The Morgan fingerprint density at radius 2 is 2.03 bits per heavy atom. The Balaban J connectivity index is 1.41. The van der Waals surface area contributed by atoms with E-state index in [1.165, 1.54) is 0 Å². The van der Waals surface area contributed by atoms with Gasteiger partial charge in [-0.1, -0.05) is 37.6 Å². The van der Waals surface area contributed by atoms with Crippen LogP contribution in [0.5, 0.6) is 0 Å². The zero-order valence-electron chi connectivity index (χ0n) is 18.3. The molecule has 0 atom stereocenters. The summed E-state index contributed by atoms with van der Waals surface area (Å²) in [5, 5.41) is 5.09. The molecule has 0 aliphatic carbocycles. The van der Waals surface area contributed by atoms with Crippen LogP contribution >= 0.6 is 11.6 Å². The van der Waals surface area contributed by atoms with Crippen LogP contribution < -0.4 is 4.90 Å². The van der Waals surface area contributed by atoms with Crippen LogP contribution in [-0.2, 0) is 11.3 Å². The number of benzene rings is 1. The number of hydrogen-bond acceptors (Lipinski definition) is 4. The van der Waals surface area contributed by atoms with Crippen LogP contribution in [0.15, 0.2) is 30.3 Å². The van der Waals surface area contributed by atoms with Gasteiger partial charge in [0.25, 0.3) is 0 Å². The van der Waals surface area contributed by atoms with Crippen molar-refractivity contribution in [2.75, 3.05) is 31.1 Å². The number of anilines is 1. The SMILES string of the molecule is Cc1nn(CC(C)C)c(Cl)c1/C=C/C(=O)N1CCCN(c2nc3ccccc3[nH]2)CC1. The van der Waals surface area contributed by atoms with E-state index in [-0.39, 0.29) is 5.91 Å². The average Bonchev–Trinajstić information content (AvgIpc) is 3.16. The number of carbonyl (C=O) groups excluding carboxylic acids is 1. The highest BCUT2D eigenvalue weighted by atomic mass is 35.5. The molecule has 0 spiro atoms. The number of fused-ring (bicyclic) bond motifs is 1. The van der Waals surface area contributed by atoms with Crippen molar-refractivity contribution in [3.63, 3.8) is 0 Å². The Morgan fingerprint density at radius 3 is 2.81 bits per heavy atom. The molecule has 164 valence electrons. The summed E-state index contributed by atoms with van der Waals surface area (Å²) in [7, 11) is 0. The number of aromatic amines is 1. The summed E-state index contributed by atoms with van der Waals surface area (Å²) in [5.41, 5.74) is 3.64. The second kappa shape index (κ2) is 9.14. The van der Waals surface area contributed by atoms with Gasteiger partial charge in [0.2, 0.25) is 11.9 Å². The third-order valence-electron chi connectivity index (χ3n) is 5.52. The Bertz CT molecular complexity index is 1070. The Kier molecular flexibility index (Phi) is 6.32. The van der Waals surface area contributed by atoms with Crippen LogP contribution in [0.1, 0.15) is 31.5 Å². The summed E-state index contributed by atoms with van der Waals surface area (Å²) in [5.74, 6) is 1.31. The summed E-state index contributed by atoms with van der Waals surface area (Å²) in [4.78, 5) is 25.0. The van der Waals surface area contributed by atoms with Crippen molar-refractivity contribution in [3.8, 4) is 0 Å². The largest absolute Gasteiger partial charge is 0.341 e. The molecule has 0 unspecified atom stereocenters. The van der Waals surface area contributed by atoms with Crippen LogP contribution in [0.25, 0.3) is 17.1 Å². The monoisotopic (exact) mass is 440 g/mol. The molecule has 0 saturated carbocycles. The predicted molar refractivity (Wildman–Crippen MR) is 125 cm³/mol. The molecule has 0 radical (unpaired) electrons.